The van der Waals surface area contributed by atoms with E-state index < -0.39 is 0 Å². The summed E-state index contributed by atoms with van der Waals surface area (Å²) < 4.78 is 5.93. The maximum Gasteiger partial charge on any atom is 0.269 e. The average Bonchev–Trinajstić information content (AvgIpc) is 3.27. The van der Waals surface area contributed by atoms with E-state index in [0.29, 0.717) is 17.4 Å². The minimum absolute atomic E-state index is 0.270. The normalized spacial score (nSPS) is 10.8. The molecule has 0 fully saturated rings. The molecule has 0 unspecified atom stereocenters. The van der Waals surface area contributed by atoms with Crippen molar-refractivity contribution in [3.8, 4) is 22.6 Å². The van der Waals surface area contributed by atoms with E-state index in [9.17, 15) is 4.79 Å². The molecule has 3 N–H and O–H groups in total. The predicted octanol–water partition coefficient (Wildman–Crippen LogP) is 5.22. The Bertz CT molecular complexity index is 1480. The van der Waals surface area contributed by atoms with E-state index in [-0.39, 0.29) is 11.6 Å². The standard InChI is InChI=1S/C26H22N6O2/c1-16-5-6-18(12-21(16)17-4-3-10-28-15-17)30-26-31-22-8-7-19(13-23(22)32-26)34-20-9-11-29-24(14-20)25(33)27-2/h3-15H,1-2H3,(H,27,33)(H2,30,31,32). The van der Waals surface area contributed by atoms with Crippen molar-refractivity contribution in [1.82, 2.24) is 25.3 Å². The lowest BCUT2D eigenvalue weighted by Gasteiger charge is -2.09. The summed E-state index contributed by atoms with van der Waals surface area (Å²) >= 11 is 0. The molecule has 0 spiro atoms. The van der Waals surface area contributed by atoms with Crippen LogP contribution in [0, 0.1) is 6.92 Å². The van der Waals surface area contributed by atoms with Crippen LogP contribution in [0.15, 0.2) is 79.3 Å². The summed E-state index contributed by atoms with van der Waals surface area (Å²) in [4.78, 5) is 28.0. The first-order chi connectivity index (χ1) is 16.6. The smallest absolute Gasteiger partial charge is 0.269 e. The third-order valence-electron chi connectivity index (χ3n) is 5.35. The molecule has 5 rings (SSSR count). The number of aryl methyl sites for hydroxylation is 1. The van der Waals surface area contributed by atoms with Crippen molar-refractivity contribution in [2.24, 2.45) is 0 Å². The quantitative estimate of drug-likeness (QED) is 0.327. The third kappa shape index (κ3) is 4.42. The lowest BCUT2D eigenvalue weighted by molar-refractivity contribution is 0.0958. The van der Waals surface area contributed by atoms with Crippen molar-refractivity contribution < 1.29 is 9.53 Å². The maximum absolute atomic E-state index is 11.8. The summed E-state index contributed by atoms with van der Waals surface area (Å²) in [6, 6.07) is 19.0. The van der Waals surface area contributed by atoms with Gasteiger partial charge in [-0.3, -0.25) is 14.8 Å². The van der Waals surface area contributed by atoms with Crippen LogP contribution in [0.5, 0.6) is 11.5 Å². The van der Waals surface area contributed by atoms with Crippen LogP contribution in [0.25, 0.3) is 22.2 Å². The molecular weight excluding hydrogens is 428 g/mol. The van der Waals surface area contributed by atoms with E-state index in [2.05, 4.69) is 49.6 Å². The summed E-state index contributed by atoms with van der Waals surface area (Å²) in [5.74, 6) is 1.49. The minimum Gasteiger partial charge on any atom is -0.457 e. The molecule has 0 bridgehead atoms. The summed E-state index contributed by atoms with van der Waals surface area (Å²) in [5, 5.41) is 5.90. The van der Waals surface area contributed by atoms with Crippen molar-refractivity contribution in [3.63, 3.8) is 0 Å². The first kappa shape index (κ1) is 21.1. The molecule has 0 aliphatic rings. The molecular formula is C26H22N6O2. The zero-order chi connectivity index (χ0) is 23.5. The van der Waals surface area contributed by atoms with Gasteiger partial charge >= 0.3 is 0 Å². The number of carbonyl (C=O) groups is 1. The highest BCUT2D eigenvalue weighted by atomic mass is 16.5. The molecule has 5 aromatic rings. The number of hydrogen-bond donors (Lipinski definition) is 3. The Morgan fingerprint density at radius 2 is 1.88 bits per heavy atom. The number of aromatic nitrogens is 4. The van der Waals surface area contributed by atoms with Gasteiger partial charge < -0.3 is 20.4 Å². The number of anilines is 2. The van der Waals surface area contributed by atoms with Crippen LogP contribution in [0.4, 0.5) is 11.6 Å². The third-order valence-corrected chi connectivity index (χ3v) is 5.35. The summed E-state index contributed by atoms with van der Waals surface area (Å²) in [6.07, 6.45) is 5.16. The van der Waals surface area contributed by atoms with Crippen LogP contribution in [0.1, 0.15) is 16.1 Å². The van der Waals surface area contributed by atoms with Crippen LogP contribution in [0.3, 0.4) is 0 Å². The maximum atomic E-state index is 11.8. The molecule has 0 saturated carbocycles. The number of rotatable bonds is 6. The molecule has 0 atom stereocenters. The molecule has 8 heteroatoms. The Labute approximate surface area is 196 Å². The second kappa shape index (κ2) is 9.03. The largest absolute Gasteiger partial charge is 0.457 e. The highest BCUT2D eigenvalue weighted by molar-refractivity contribution is 5.92. The number of hydrogen-bond acceptors (Lipinski definition) is 6. The van der Waals surface area contributed by atoms with Gasteiger partial charge in [-0.25, -0.2) is 4.98 Å². The van der Waals surface area contributed by atoms with Crippen LogP contribution >= 0.6 is 0 Å². The molecule has 0 radical (unpaired) electrons. The van der Waals surface area contributed by atoms with Crippen LogP contribution in [-0.2, 0) is 0 Å². The Balaban J connectivity index is 1.37. The molecule has 1 amide bonds. The van der Waals surface area contributed by atoms with Gasteiger partial charge in [0.2, 0.25) is 5.95 Å². The Hall–Kier alpha value is -4.72. The fraction of sp³-hybridized carbons (Fsp3) is 0.0769. The van der Waals surface area contributed by atoms with Crippen molar-refractivity contribution in [2.75, 3.05) is 12.4 Å². The van der Waals surface area contributed by atoms with Crippen LogP contribution < -0.4 is 15.4 Å². The van der Waals surface area contributed by atoms with Gasteiger partial charge in [0.05, 0.1) is 11.0 Å². The lowest BCUT2D eigenvalue weighted by Crippen LogP contribution is -2.18. The van der Waals surface area contributed by atoms with Gasteiger partial charge in [-0.1, -0.05) is 12.1 Å². The first-order valence-electron chi connectivity index (χ1n) is 10.7. The molecule has 34 heavy (non-hydrogen) atoms. The molecule has 168 valence electrons. The zero-order valence-corrected chi connectivity index (χ0v) is 18.7. The van der Waals surface area contributed by atoms with Gasteiger partial charge in [-0.2, -0.15) is 0 Å². The molecule has 8 nitrogen and oxygen atoms in total. The Morgan fingerprint density at radius 1 is 1.00 bits per heavy atom. The lowest BCUT2D eigenvalue weighted by atomic mass is 10.0. The fourth-order valence-corrected chi connectivity index (χ4v) is 3.64. The summed E-state index contributed by atoms with van der Waals surface area (Å²) in [6.45, 7) is 2.08. The number of H-pyrrole nitrogens is 1. The summed E-state index contributed by atoms with van der Waals surface area (Å²) in [7, 11) is 1.56. The topological polar surface area (TPSA) is 105 Å². The highest BCUT2D eigenvalue weighted by Crippen LogP contribution is 2.29. The number of fused-ring (bicyclic) bond motifs is 1. The number of aromatic amines is 1. The van der Waals surface area contributed by atoms with Crippen molar-refractivity contribution in [2.45, 2.75) is 6.92 Å². The molecule has 3 aromatic heterocycles. The number of nitrogens with zero attached hydrogens (tertiary/aromatic N) is 3. The monoisotopic (exact) mass is 450 g/mol. The van der Waals surface area contributed by atoms with Crippen LogP contribution in [0.2, 0.25) is 0 Å². The van der Waals surface area contributed by atoms with E-state index in [1.54, 1.807) is 25.4 Å². The van der Waals surface area contributed by atoms with Gasteiger partial charge in [0.15, 0.2) is 0 Å². The molecule has 0 aliphatic heterocycles. The van der Waals surface area contributed by atoms with E-state index in [4.69, 9.17) is 4.74 Å². The molecule has 3 heterocycles. The first-order valence-corrected chi connectivity index (χ1v) is 10.7. The van der Waals surface area contributed by atoms with Crippen molar-refractivity contribution >= 4 is 28.6 Å². The predicted molar refractivity (Wildman–Crippen MR) is 131 cm³/mol. The van der Waals surface area contributed by atoms with Gasteiger partial charge in [-0.05, 0) is 54.4 Å². The zero-order valence-electron chi connectivity index (χ0n) is 18.7. The summed E-state index contributed by atoms with van der Waals surface area (Å²) in [5.41, 5.74) is 6.16. The Kier molecular flexibility index (Phi) is 5.61. The van der Waals surface area contributed by atoms with Gasteiger partial charge in [0.1, 0.15) is 17.2 Å². The Morgan fingerprint density at radius 3 is 2.71 bits per heavy atom. The number of carbonyl (C=O) groups excluding carboxylic acids is 1. The van der Waals surface area contributed by atoms with E-state index in [1.165, 1.54) is 11.8 Å². The fourth-order valence-electron chi connectivity index (χ4n) is 3.64. The van der Waals surface area contributed by atoms with E-state index in [0.717, 1.165) is 27.8 Å². The highest BCUT2D eigenvalue weighted by Gasteiger charge is 2.10. The van der Waals surface area contributed by atoms with Crippen molar-refractivity contribution in [3.05, 3.63) is 90.5 Å². The number of imidazole rings is 1. The van der Waals surface area contributed by atoms with Crippen molar-refractivity contribution in [1.29, 1.82) is 0 Å². The van der Waals surface area contributed by atoms with Crippen LogP contribution in [-0.4, -0.2) is 32.9 Å². The van der Waals surface area contributed by atoms with E-state index >= 15 is 0 Å². The number of pyridine rings is 2. The number of benzene rings is 2. The average molecular weight is 451 g/mol. The van der Waals surface area contributed by atoms with E-state index in [1.807, 2.05) is 42.6 Å². The minimum atomic E-state index is -0.270. The second-order valence-electron chi connectivity index (χ2n) is 7.72. The van der Waals surface area contributed by atoms with Gasteiger partial charge in [-0.15, -0.1) is 0 Å². The van der Waals surface area contributed by atoms with Gasteiger partial charge in [0, 0.05) is 49.0 Å². The SMILES string of the molecule is CNC(=O)c1cc(Oc2ccc3nc(Nc4ccc(C)c(-c5cccnc5)c4)[nH]c3c2)ccn1. The molecule has 0 saturated heterocycles. The van der Waals surface area contributed by atoms with Gasteiger partial charge in [0.25, 0.3) is 5.91 Å². The number of ether oxygens (including phenoxy) is 1. The molecule has 0 aliphatic carbocycles. The number of nitrogens with one attached hydrogen (secondary N) is 3. The second-order valence-corrected chi connectivity index (χ2v) is 7.72. The molecule has 2 aromatic carbocycles. The number of amides is 1.